The lowest BCUT2D eigenvalue weighted by Crippen LogP contribution is -2.33. The van der Waals surface area contributed by atoms with Crippen LogP contribution in [0.25, 0.3) is 11.3 Å². The van der Waals surface area contributed by atoms with Gasteiger partial charge in [0.2, 0.25) is 0 Å². The molecule has 0 unspecified atom stereocenters. The lowest BCUT2D eigenvalue weighted by molar-refractivity contribution is -0.118. The molecule has 0 aliphatic carbocycles. The largest absolute Gasteiger partial charge is 0.492 e. The predicted octanol–water partition coefficient (Wildman–Crippen LogP) is 4.28. The zero-order chi connectivity index (χ0) is 23.0. The van der Waals surface area contributed by atoms with Gasteiger partial charge in [0.1, 0.15) is 18.1 Å². The van der Waals surface area contributed by atoms with Crippen molar-refractivity contribution in [2.45, 2.75) is 26.2 Å². The van der Waals surface area contributed by atoms with Gasteiger partial charge in [-0.15, -0.1) is 0 Å². The van der Waals surface area contributed by atoms with Crippen molar-refractivity contribution in [1.29, 1.82) is 0 Å². The molecule has 1 saturated heterocycles. The van der Waals surface area contributed by atoms with Crippen molar-refractivity contribution in [1.82, 2.24) is 14.7 Å². The summed E-state index contributed by atoms with van der Waals surface area (Å²) in [5.41, 5.74) is 3.50. The summed E-state index contributed by atoms with van der Waals surface area (Å²) >= 11 is 0. The minimum Gasteiger partial charge on any atom is -0.492 e. The van der Waals surface area contributed by atoms with Gasteiger partial charge in [-0.1, -0.05) is 24.6 Å². The van der Waals surface area contributed by atoms with Crippen LogP contribution >= 0.6 is 0 Å². The minimum absolute atomic E-state index is 0.0556. The number of piperidine rings is 1. The number of anilines is 1. The average molecular weight is 449 g/mol. The Morgan fingerprint density at radius 3 is 2.61 bits per heavy atom. The fourth-order valence-corrected chi connectivity index (χ4v) is 4.10. The fraction of sp³-hybridized carbons (Fsp3) is 0.385. The number of benzene rings is 2. The second kappa shape index (κ2) is 11.0. The molecular formula is C26H32N4O3. The van der Waals surface area contributed by atoms with Gasteiger partial charge >= 0.3 is 0 Å². The van der Waals surface area contributed by atoms with Crippen LogP contribution in [-0.4, -0.2) is 53.4 Å². The first-order valence-corrected chi connectivity index (χ1v) is 11.6. The maximum Gasteiger partial charge on any atom is 0.262 e. The average Bonchev–Trinajstić information content (AvgIpc) is 3.25. The van der Waals surface area contributed by atoms with Gasteiger partial charge in [-0.05, 0) is 68.8 Å². The number of hydrogen-bond acceptors (Lipinski definition) is 5. The summed E-state index contributed by atoms with van der Waals surface area (Å²) in [6, 6.07) is 15.3. The van der Waals surface area contributed by atoms with Gasteiger partial charge in [-0.25, -0.2) is 0 Å². The molecule has 4 rings (SSSR count). The molecule has 7 heteroatoms. The van der Waals surface area contributed by atoms with Crippen LogP contribution in [0.15, 0.2) is 54.7 Å². The Morgan fingerprint density at radius 2 is 1.85 bits per heavy atom. The molecule has 2 heterocycles. The number of nitrogens with zero attached hydrogens (tertiary/aromatic N) is 3. The van der Waals surface area contributed by atoms with Crippen molar-refractivity contribution in [3.05, 3.63) is 60.3 Å². The number of para-hydroxylation sites is 1. The van der Waals surface area contributed by atoms with Crippen molar-refractivity contribution in [3.63, 3.8) is 0 Å². The van der Waals surface area contributed by atoms with Gasteiger partial charge in [0.25, 0.3) is 5.91 Å². The topological polar surface area (TPSA) is 68.6 Å². The third-order valence-corrected chi connectivity index (χ3v) is 5.93. The summed E-state index contributed by atoms with van der Waals surface area (Å²) in [5.74, 6) is 1.28. The Bertz CT molecular complexity index is 1070. The minimum atomic E-state index is -0.215. The third kappa shape index (κ3) is 6.14. The zero-order valence-electron chi connectivity index (χ0n) is 19.4. The van der Waals surface area contributed by atoms with Crippen molar-refractivity contribution >= 4 is 11.6 Å². The van der Waals surface area contributed by atoms with Crippen LogP contribution in [0.3, 0.4) is 0 Å². The van der Waals surface area contributed by atoms with Gasteiger partial charge in [-0.3, -0.25) is 14.4 Å². The second-order valence-electron chi connectivity index (χ2n) is 8.40. The van der Waals surface area contributed by atoms with Crippen LogP contribution in [0.1, 0.15) is 24.8 Å². The predicted molar refractivity (Wildman–Crippen MR) is 130 cm³/mol. The van der Waals surface area contributed by atoms with Crippen molar-refractivity contribution in [2.75, 3.05) is 38.2 Å². The smallest absolute Gasteiger partial charge is 0.262 e. The molecule has 1 aliphatic heterocycles. The van der Waals surface area contributed by atoms with Gasteiger partial charge < -0.3 is 14.8 Å². The number of ether oxygens (including phenoxy) is 2. The molecule has 3 aromatic rings. The fourth-order valence-electron chi connectivity index (χ4n) is 4.10. The van der Waals surface area contributed by atoms with E-state index in [1.807, 2.05) is 62.5 Å². The molecule has 0 spiro atoms. The summed E-state index contributed by atoms with van der Waals surface area (Å²) in [4.78, 5) is 15.0. The molecule has 0 radical (unpaired) electrons. The maximum absolute atomic E-state index is 12.5. The van der Waals surface area contributed by atoms with Gasteiger partial charge in [0, 0.05) is 31.0 Å². The van der Waals surface area contributed by atoms with E-state index in [0.717, 1.165) is 42.2 Å². The number of aryl methyl sites for hydroxylation is 2. The molecule has 1 aliphatic rings. The number of rotatable bonds is 9. The van der Waals surface area contributed by atoms with E-state index in [-0.39, 0.29) is 12.5 Å². The number of nitrogens with one attached hydrogen (secondary N) is 1. The molecule has 0 atom stereocenters. The van der Waals surface area contributed by atoms with Crippen LogP contribution in [0.5, 0.6) is 11.5 Å². The maximum atomic E-state index is 12.5. The monoisotopic (exact) mass is 448 g/mol. The number of carbonyl (C=O) groups is 1. The summed E-state index contributed by atoms with van der Waals surface area (Å²) < 4.78 is 13.7. The molecular weight excluding hydrogens is 416 g/mol. The summed E-state index contributed by atoms with van der Waals surface area (Å²) in [6.45, 7) is 5.73. The molecule has 7 nitrogen and oxygen atoms in total. The van der Waals surface area contributed by atoms with Gasteiger partial charge in [-0.2, -0.15) is 5.10 Å². The first-order valence-electron chi connectivity index (χ1n) is 11.6. The quantitative estimate of drug-likeness (QED) is 0.529. The lowest BCUT2D eigenvalue weighted by Gasteiger charge is -2.26. The van der Waals surface area contributed by atoms with E-state index in [4.69, 9.17) is 9.47 Å². The standard InChI is InChI=1S/C26H32N4O3/c1-20-8-4-5-9-24(20)33-19-26(31)28-21-10-11-25(22(18-21)23-12-13-27-29(23)2)32-17-16-30-14-6-3-7-15-30/h4-5,8-13,18H,3,6-7,14-17,19H2,1-2H3,(H,28,31). The van der Waals surface area contributed by atoms with E-state index in [2.05, 4.69) is 15.3 Å². The number of hydrogen-bond donors (Lipinski definition) is 1. The van der Waals surface area contributed by atoms with Crippen LogP contribution in [0.2, 0.25) is 0 Å². The van der Waals surface area contributed by atoms with Crippen molar-refractivity contribution < 1.29 is 14.3 Å². The van der Waals surface area contributed by atoms with Crippen molar-refractivity contribution in [2.24, 2.45) is 7.05 Å². The highest BCUT2D eigenvalue weighted by atomic mass is 16.5. The Morgan fingerprint density at radius 1 is 1.03 bits per heavy atom. The Kier molecular flexibility index (Phi) is 7.62. The summed E-state index contributed by atoms with van der Waals surface area (Å²) in [5, 5.41) is 7.23. The molecule has 1 amide bonds. The second-order valence-corrected chi connectivity index (χ2v) is 8.40. The van der Waals surface area contributed by atoms with Gasteiger partial charge in [0.15, 0.2) is 6.61 Å². The van der Waals surface area contributed by atoms with Gasteiger partial charge in [0.05, 0.1) is 5.69 Å². The number of likely N-dealkylation sites (tertiary alicyclic amines) is 1. The molecule has 1 fully saturated rings. The SMILES string of the molecule is Cc1ccccc1OCC(=O)Nc1ccc(OCCN2CCCCC2)c(-c2ccnn2C)c1. The highest BCUT2D eigenvalue weighted by Crippen LogP contribution is 2.32. The molecule has 0 saturated carbocycles. The first-order chi connectivity index (χ1) is 16.1. The highest BCUT2D eigenvalue weighted by Gasteiger charge is 2.15. The summed E-state index contributed by atoms with van der Waals surface area (Å²) in [6.07, 6.45) is 5.61. The number of aromatic nitrogens is 2. The Hall–Kier alpha value is -3.32. The Labute approximate surface area is 195 Å². The Balaban J connectivity index is 1.42. The van der Waals surface area contributed by atoms with E-state index in [1.165, 1.54) is 19.3 Å². The zero-order valence-corrected chi connectivity index (χ0v) is 19.4. The molecule has 174 valence electrons. The molecule has 1 N–H and O–H groups in total. The third-order valence-electron chi connectivity index (χ3n) is 5.93. The first kappa shape index (κ1) is 22.9. The van der Waals surface area contributed by atoms with Crippen LogP contribution in [0, 0.1) is 6.92 Å². The molecule has 2 aromatic carbocycles. The number of carbonyl (C=O) groups excluding carboxylic acids is 1. The summed E-state index contributed by atoms with van der Waals surface area (Å²) in [7, 11) is 1.90. The lowest BCUT2D eigenvalue weighted by atomic mass is 10.1. The number of amides is 1. The normalized spacial score (nSPS) is 14.1. The molecule has 1 aromatic heterocycles. The van der Waals surface area contributed by atoms with E-state index in [1.54, 1.807) is 10.9 Å². The highest BCUT2D eigenvalue weighted by molar-refractivity contribution is 5.93. The van der Waals surface area contributed by atoms with Crippen LogP contribution in [-0.2, 0) is 11.8 Å². The van der Waals surface area contributed by atoms with E-state index < -0.39 is 0 Å². The van der Waals surface area contributed by atoms with Crippen LogP contribution in [0.4, 0.5) is 5.69 Å². The van der Waals surface area contributed by atoms with Crippen LogP contribution < -0.4 is 14.8 Å². The molecule has 0 bridgehead atoms. The molecule has 33 heavy (non-hydrogen) atoms. The van der Waals surface area contributed by atoms with E-state index in [0.29, 0.717) is 18.0 Å². The van der Waals surface area contributed by atoms with E-state index >= 15 is 0 Å². The van der Waals surface area contributed by atoms with Crippen molar-refractivity contribution in [3.8, 4) is 22.8 Å². The van der Waals surface area contributed by atoms with E-state index in [9.17, 15) is 4.79 Å².